The third-order valence-electron chi connectivity index (χ3n) is 1.79. The van der Waals surface area contributed by atoms with Crippen molar-refractivity contribution in [1.82, 2.24) is 9.80 Å². The zero-order valence-electron chi connectivity index (χ0n) is 9.15. The maximum atomic E-state index is 8.74. The number of aliphatic hydroxyl groups is 1. The Morgan fingerprint density at radius 1 is 1.25 bits per heavy atom. The van der Waals surface area contributed by atoms with Gasteiger partial charge < -0.3 is 14.9 Å². The molecular weight excluding hydrogens is 236 g/mol. The summed E-state index contributed by atoms with van der Waals surface area (Å²) < 4.78 is 31.6. The Bertz CT molecular complexity index is 296. The van der Waals surface area contributed by atoms with Gasteiger partial charge in [-0.05, 0) is 12.8 Å². The second-order valence-corrected chi connectivity index (χ2v) is 4.28. The fourth-order valence-electron chi connectivity index (χ4n) is 1.16. The highest BCUT2D eigenvalue weighted by Crippen LogP contribution is 2.04. The molecule has 0 saturated heterocycles. The third kappa shape index (κ3) is 11.2. The highest BCUT2D eigenvalue weighted by Gasteiger charge is 2.06. The number of unbranched alkanes of at least 4 members (excludes halogenated alkanes) is 1. The second kappa shape index (κ2) is 7.44. The molecule has 1 rings (SSSR count). The lowest BCUT2D eigenvalue weighted by Gasteiger charge is -2.17. The first-order valence-corrected chi connectivity index (χ1v) is 6.16. The quantitative estimate of drug-likeness (QED) is 0.471. The topological polar surface area (TPSA) is 101 Å². The molecule has 3 N–H and O–H groups in total. The average Bonchev–Trinajstić information content (AvgIpc) is 2.49. The maximum absolute atomic E-state index is 8.74. The van der Waals surface area contributed by atoms with E-state index in [1.54, 1.807) is 0 Å². The first-order valence-electron chi connectivity index (χ1n) is 4.76. The predicted octanol–water partition coefficient (Wildman–Crippen LogP) is -0.218. The van der Waals surface area contributed by atoms with Crippen molar-refractivity contribution in [2.45, 2.75) is 12.8 Å². The summed E-state index contributed by atoms with van der Waals surface area (Å²) in [7, 11) is -2.61. The highest BCUT2D eigenvalue weighted by atomic mass is 32.3. The van der Waals surface area contributed by atoms with Crippen LogP contribution >= 0.6 is 0 Å². The fourth-order valence-corrected chi connectivity index (χ4v) is 1.16. The van der Waals surface area contributed by atoms with Crippen LogP contribution in [0.25, 0.3) is 0 Å². The maximum Gasteiger partial charge on any atom is 0.394 e. The summed E-state index contributed by atoms with van der Waals surface area (Å²) in [5.74, 6) is 0. The van der Waals surface area contributed by atoms with Crippen molar-refractivity contribution in [3.8, 4) is 0 Å². The minimum Gasteiger partial charge on any atom is -0.396 e. The minimum atomic E-state index is -4.67. The monoisotopic (exact) mass is 254 g/mol. The molecule has 1 aliphatic heterocycles. The van der Waals surface area contributed by atoms with Gasteiger partial charge in [0.25, 0.3) is 0 Å². The van der Waals surface area contributed by atoms with Crippen LogP contribution in [-0.4, -0.2) is 59.3 Å². The molecule has 1 heterocycles. The van der Waals surface area contributed by atoms with E-state index in [4.69, 9.17) is 22.6 Å². The molecule has 0 fully saturated rings. The largest absolute Gasteiger partial charge is 0.396 e. The van der Waals surface area contributed by atoms with E-state index in [0.29, 0.717) is 6.61 Å². The van der Waals surface area contributed by atoms with Crippen LogP contribution < -0.4 is 0 Å². The summed E-state index contributed by atoms with van der Waals surface area (Å²) in [5.41, 5.74) is 0. The van der Waals surface area contributed by atoms with Crippen molar-refractivity contribution in [3.05, 3.63) is 12.4 Å². The van der Waals surface area contributed by atoms with Gasteiger partial charge in [-0.15, -0.1) is 0 Å². The molecule has 0 aromatic heterocycles. The van der Waals surface area contributed by atoms with Gasteiger partial charge in [0.05, 0.1) is 6.67 Å². The lowest BCUT2D eigenvalue weighted by atomic mass is 10.3. The van der Waals surface area contributed by atoms with Gasteiger partial charge in [0.2, 0.25) is 0 Å². The molecule has 0 saturated carbocycles. The summed E-state index contributed by atoms with van der Waals surface area (Å²) in [6, 6.07) is 0. The zero-order valence-corrected chi connectivity index (χ0v) is 9.97. The average molecular weight is 254 g/mol. The lowest BCUT2D eigenvalue weighted by Crippen LogP contribution is -2.23. The fraction of sp³-hybridized carbons (Fsp3) is 0.750. The van der Waals surface area contributed by atoms with Crippen LogP contribution in [0.1, 0.15) is 12.8 Å². The van der Waals surface area contributed by atoms with Gasteiger partial charge in [-0.2, -0.15) is 8.42 Å². The summed E-state index contributed by atoms with van der Waals surface area (Å²) in [5, 5.41) is 8.55. The molecule has 0 radical (unpaired) electrons. The van der Waals surface area contributed by atoms with Crippen molar-refractivity contribution >= 4 is 10.4 Å². The number of aliphatic hydroxyl groups excluding tert-OH is 1. The molecular formula is C8H18N2O5S. The van der Waals surface area contributed by atoms with Crippen molar-refractivity contribution < 1.29 is 22.6 Å². The summed E-state index contributed by atoms with van der Waals surface area (Å²) in [6.45, 7) is 2.36. The van der Waals surface area contributed by atoms with Crippen molar-refractivity contribution in [3.63, 3.8) is 0 Å². The van der Waals surface area contributed by atoms with Crippen LogP contribution in [0.2, 0.25) is 0 Å². The van der Waals surface area contributed by atoms with E-state index >= 15 is 0 Å². The highest BCUT2D eigenvalue weighted by molar-refractivity contribution is 7.79. The molecule has 16 heavy (non-hydrogen) atoms. The number of hydrogen-bond acceptors (Lipinski definition) is 5. The molecule has 0 bridgehead atoms. The summed E-state index contributed by atoms with van der Waals surface area (Å²) >= 11 is 0. The van der Waals surface area contributed by atoms with E-state index in [1.165, 1.54) is 0 Å². The van der Waals surface area contributed by atoms with Gasteiger partial charge >= 0.3 is 10.4 Å². The number of rotatable bonds is 4. The molecule has 0 aliphatic carbocycles. The normalized spacial score (nSPS) is 15.0. The van der Waals surface area contributed by atoms with Gasteiger partial charge in [0.15, 0.2) is 0 Å². The number of hydrogen-bond donors (Lipinski definition) is 3. The molecule has 0 unspecified atom stereocenters. The molecule has 8 heteroatoms. The summed E-state index contributed by atoms with van der Waals surface area (Å²) in [4.78, 5) is 4.38. The van der Waals surface area contributed by atoms with E-state index < -0.39 is 10.4 Å². The molecule has 7 nitrogen and oxygen atoms in total. The minimum absolute atomic E-state index is 0.313. The van der Waals surface area contributed by atoms with Gasteiger partial charge in [-0.1, -0.05) is 0 Å². The molecule has 0 atom stereocenters. The molecule has 0 spiro atoms. The Balaban J connectivity index is 0.000000385. The first-order chi connectivity index (χ1) is 7.33. The van der Waals surface area contributed by atoms with Crippen molar-refractivity contribution in [1.29, 1.82) is 0 Å². The van der Waals surface area contributed by atoms with E-state index in [0.717, 1.165) is 26.1 Å². The lowest BCUT2D eigenvalue weighted by molar-refractivity contribution is 0.257. The smallest absolute Gasteiger partial charge is 0.394 e. The zero-order chi connectivity index (χ0) is 12.6. The van der Waals surface area contributed by atoms with E-state index in [2.05, 4.69) is 29.2 Å². The Morgan fingerprint density at radius 2 is 1.81 bits per heavy atom. The van der Waals surface area contributed by atoms with Crippen molar-refractivity contribution in [2.75, 3.05) is 26.9 Å². The van der Waals surface area contributed by atoms with Crippen LogP contribution in [0.4, 0.5) is 0 Å². The van der Waals surface area contributed by atoms with Crippen LogP contribution in [0.15, 0.2) is 12.4 Å². The van der Waals surface area contributed by atoms with Crippen LogP contribution in [0.3, 0.4) is 0 Å². The van der Waals surface area contributed by atoms with E-state index in [9.17, 15) is 0 Å². The van der Waals surface area contributed by atoms with Crippen LogP contribution in [0, 0.1) is 0 Å². The molecule has 0 amide bonds. The van der Waals surface area contributed by atoms with Crippen LogP contribution in [-0.2, 0) is 10.4 Å². The van der Waals surface area contributed by atoms with Gasteiger partial charge in [0.1, 0.15) is 0 Å². The van der Waals surface area contributed by atoms with Gasteiger partial charge in [0, 0.05) is 32.6 Å². The van der Waals surface area contributed by atoms with E-state index in [-0.39, 0.29) is 0 Å². The second-order valence-electron chi connectivity index (χ2n) is 3.39. The third-order valence-corrected chi connectivity index (χ3v) is 1.79. The Labute approximate surface area is 95.6 Å². The van der Waals surface area contributed by atoms with E-state index in [1.807, 2.05) is 0 Å². The van der Waals surface area contributed by atoms with Crippen LogP contribution in [0.5, 0.6) is 0 Å². The first kappa shape index (κ1) is 15.2. The Kier molecular flexibility index (Phi) is 7.06. The predicted molar refractivity (Wildman–Crippen MR) is 59.0 cm³/mol. The standard InChI is InChI=1S/C8H16N2O.H2O4S/c1-9-5-6-10(8-9)4-2-3-7-11;1-5(2,3)4/h5-6,11H,2-4,7-8H2,1H3;(H2,1,2,3,4). The molecule has 1 aliphatic rings. The Morgan fingerprint density at radius 3 is 2.19 bits per heavy atom. The van der Waals surface area contributed by atoms with Gasteiger partial charge in [-0.3, -0.25) is 9.11 Å². The molecule has 96 valence electrons. The van der Waals surface area contributed by atoms with Crippen molar-refractivity contribution in [2.24, 2.45) is 0 Å². The molecule has 0 aromatic rings. The SMILES string of the molecule is CN1C=CN(CCCCO)C1.O=S(=O)(O)O. The molecule has 0 aromatic carbocycles. The van der Waals surface area contributed by atoms with Gasteiger partial charge in [-0.25, -0.2) is 0 Å². The number of nitrogens with zero attached hydrogens (tertiary/aromatic N) is 2. The Hall–Kier alpha value is -0.830. The summed E-state index contributed by atoms with van der Waals surface area (Å²) in [6.07, 6.45) is 6.15.